The van der Waals surface area contributed by atoms with Crippen LogP contribution < -0.4 is 11.0 Å². The molecule has 1 aliphatic heterocycles. The third kappa shape index (κ3) is 8.97. The Balaban J connectivity index is 1.73. The van der Waals surface area contributed by atoms with E-state index >= 15 is 0 Å². The molecule has 1 saturated heterocycles. The number of halogens is 2. The molecule has 2 rings (SSSR count). The molecule has 2 heterocycles. The number of carbonyl (C=O) groups excluding carboxylic acids is 1. The van der Waals surface area contributed by atoms with E-state index in [1.807, 2.05) is 0 Å². The van der Waals surface area contributed by atoms with E-state index in [4.69, 9.17) is 4.74 Å². The number of hydrogen-bond donors (Lipinski definition) is 4. The zero-order chi connectivity index (χ0) is 25.8. The highest BCUT2D eigenvalue weighted by Crippen LogP contribution is 2.32. The van der Waals surface area contributed by atoms with E-state index in [2.05, 4.69) is 17.2 Å². The molecule has 35 heavy (non-hydrogen) atoms. The fourth-order valence-corrected chi connectivity index (χ4v) is 4.05. The van der Waals surface area contributed by atoms with Crippen molar-refractivity contribution >= 4 is 11.7 Å². The molecule has 1 amide bonds. The first-order chi connectivity index (χ1) is 16.8. The van der Waals surface area contributed by atoms with Crippen molar-refractivity contribution in [2.24, 2.45) is 0 Å². The number of nitrogens with zero attached hydrogens (tertiary/aromatic N) is 2. The molecule has 11 heteroatoms. The van der Waals surface area contributed by atoms with E-state index in [0.29, 0.717) is 6.42 Å². The average molecular weight is 502 g/mol. The Hall–Kier alpha value is -2.37. The number of nitrogens with one attached hydrogen (secondary N) is 1. The van der Waals surface area contributed by atoms with Crippen molar-refractivity contribution < 1.29 is 33.6 Å². The summed E-state index contributed by atoms with van der Waals surface area (Å²) in [6.45, 7) is 2.21. The van der Waals surface area contributed by atoms with Crippen LogP contribution in [0.25, 0.3) is 0 Å². The molecule has 1 aliphatic rings. The fourth-order valence-electron chi connectivity index (χ4n) is 4.05. The molecule has 4 N–H and O–H groups in total. The van der Waals surface area contributed by atoms with Gasteiger partial charge in [-0.25, -0.2) is 4.79 Å². The summed E-state index contributed by atoms with van der Waals surface area (Å²) in [5, 5.41) is 31.8. The highest BCUT2D eigenvalue weighted by Gasteiger charge is 2.47. The van der Waals surface area contributed by atoms with Crippen molar-refractivity contribution in [1.82, 2.24) is 9.55 Å². The molecular weight excluding hydrogens is 464 g/mol. The van der Waals surface area contributed by atoms with E-state index in [0.717, 1.165) is 36.4 Å². The number of anilines is 1. The van der Waals surface area contributed by atoms with Gasteiger partial charge in [-0.05, 0) is 12.5 Å². The normalized spacial score (nSPS) is 21.7. The second-order valence-electron chi connectivity index (χ2n) is 8.91. The van der Waals surface area contributed by atoms with Crippen molar-refractivity contribution in [2.75, 3.05) is 5.32 Å². The lowest BCUT2D eigenvalue weighted by Gasteiger charge is -2.17. The smallest absolute Gasteiger partial charge is 0.351 e. The van der Waals surface area contributed by atoms with Gasteiger partial charge < -0.3 is 25.4 Å². The number of carbonyl (C=O) groups is 1. The standard InChI is InChI=1S/C24H37F2N3O6/c1-2-3-4-5-6-7-8-9-10-11-12-13-17(30)27-16-14-15-29(24(34)28-16)23-19(32)18(31)21(35-23)20(33)22(25)26/h14-15,18-19,21,23,31-33H,2-13H2,1H3,(H,27,28,30,34)/t18-,19+,21-,23+/m0/s1. The molecule has 0 aromatic carbocycles. The van der Waals surface area contributed by atoms with Crippen LogP contribution in [-0.4, -0.2) is 49.1 Å². The number of hydrogen-bond acceptors (Lipinski definition) is 7. The number of ether oxygens (including phenoxy) is 1. The number of aromatic nitrogens is 2. The molecule has 0 spiro atoms. The van der Waals surface area contributed by atoms with Crippen LogP contribution >= 0.6 is 0 Å². The predicted molar refractivity (Wildman–Crippen MR) is 126 cm³/mol. The number of unbranched alkanes of at least 4 members (excludes halogenated alkanes) is 10. The largest absolute Gasteiger partial charge is 0.505 e. The van der Waals surface area contributed by atoms with E-state index < -0.39 is 42.1 Å². The van der Waals surface area contributed by atoms with Gasteiger partial charge in [0, 0.05) is 12.6 Å². The highest BCUT2D eigenvalue weighted by molar-refractivity contribution is 5.89. The molecule has 198 valence electrons. The minimum Gasteiger partial charge on any atom is -0.505 e. The average Bonchev–Trinajstić information content (AvgIpc) is 3.11. The quantitative estimate of drug-likeness (QED) is 0.209. The fraction of sp³-hybridized carbons (Fsp3) is 0.708. The van der Waals surface area contributed by atoms with Gasteiger partial charge >= 0.3 is 11.8 Å². The van der Waals surface area contributed by atoms with Gasteiger partial charge in [-0.3, -0.25) is 9.36 Å². The number of aliphatic hydroxyl groups excluding tert-OH is 3. The maximum absolute atomic E-state index is 12.6. The first-order valence-electron chi connectivity index (χ1n) is 12.4. The topological polar surface area (TPSA) is 134 Å². The number of rotatable bonds is 15. The summed E-state index contributed by atoms with van der Waals surface area (Å²) in [6, 6.07) is 1.29. The Labute approximate surface area is 203 Å². The molecule has 1 aromatic heterocycles. The van der Waals surface area contributed by atoms with E-state index in [1.165, 1.54) is 51.0 Å². The second kappa shape index (κ2) is 14.9. The van der Waals surface area contributed by atoms with Crippen LogP contribution in [0.15, 0.2) is 28.9 Å². The zero-order valence-corrected chi connectivity index (χ0v) is 20.2. The summed E-state index contributed by atoms with van der Waals surface area (Å²) in [4.78, 5) is 28.2. The van der Waals surface area contributed by atoms with Crippen LogP contribution in [0.4, 0.5) is 14.6 Å². The Morgan fingerprint density at radius 3 is 2.14 bits per heavy atom. The minimum atomic E-state index is -2.47. The highest BCUT2D eigenvalue weighted by atomic mass is 19.3. The van der Waals surface area contributed by atoms with Gasteiger partial charge in [0.05, 0.1) is 0 Å². The summed E-state index contributed by atoms with van der Waals surface area (Å²) < 4.78 is 31.1. The maximum Gasteiger partial charge on any atom is 0.351 e. The van der Waals surface area contributed by atoms with Crippen LogP contribution in [0.5, 0.6) is 0 Å². The van der Waals surface area contributed by atoms with Crippen molar-refractivity contribution in [3.63, 3.8) is 0 Å². The minimum absolute atomic E-state index is 0.00135. The van der Waals surface area contributed by atoms with Crippen LogP contribution in [0, 0.1) is 0 Å². The predicted octanol–water partition coefficient (Wildman–Crippen LogP) is 4.17. The Morgan fingerprint density at radius 2 is 1.60 bits per heavy atom. The van der Waals surface area contributed by atoms with Crippen LogP contribution in [0.3, 0.4) is 0 Å². The molecule has 0 saturated carbocycles. The summed E-state index contributed by atoms with van der Waals surface area (Å²) in [7, 11) is 0. The Bertz CT molecular complexity index is 890. The first kappa shape index (κ1) is 28.9. The van der Waals surface area contributed by atoms with Crippen molar-refractivity contribution in [3.8, 4) is 0 Å². The lowest BCUT2D eigenvalue weighted by atomic mass is 10.1. The SMILES string of the molecule is CCCCCCCCCCCCCC(=O)Nc1ccn([C@@H]2O[C@H](C(O)=C(F)F)[C@@H](O)[C@H]2O)c(=O)n1. The van der Waals surface area contributed by atoms with Crippen LogP contribution in [0.2, 0.25) is 0 Å². The summed E-state index contributed by atoms with van der Waals surface area (Å²) >= 11 is 0. The Morgan fingerprint density at radius 1 is 1.03 bits per heavy atom. The van der Waals surface area contributed by atoms with Gasteiger partial charge in [-0.2, -0.15) is 13.8 Å². The molecular formula is C24H37F2N3O6. The summed E-state index contributed by atoms with van der Waals surface area (Å²) in [5.41, 5.74) is -0.932. The molecule has 0 bridgehead atoms. The molecule has 0 aliphatic carbocycles. The van der Waals surface area contributed by atoms with Gasteiger partial charge in [0.15, 0.2) is 18.1 Å². The monoisotopic (exact) mass is 501 g/mol. The number of aliphatic hydroxyl groups is 3. The third-order valence-corrected chi connectivity index (χ3v) is 6.08. The summed E-state index contributed by atoms with van der Waals surface area (Å²) in [5.74, 6) is -1.81. The second-order valence-corrected chi connectivity index (χ2v) is 8.91. The molecule has 0 unspecified atom stereocenters. The van der Waals surface area contributed by atoms with Crippen LogP contribution in [0.1, 0.15) is 90.2 Å². The van der Waals surface area contributed by atoms with Gasteiger partial charge in [0.2, 0.25) is 5.91 Å². The molecule has 9 nitrogen and oxygen atoms in total. The number of amides is 1. The Kier molecular flexibility index (Phi) is 12.3. The summed E-state index contributed by atoms with van der Waals surface area (Å²) in [6.07, 6.45) is 4.77. The van der Waals surface area contributed by atoms with Crippen molar-refractivity contribution in [1.29, 1.82) is 0 Å². The molecule has 1 fully saturated rings. The lowest BCUT2D eigenvalue weighted by Crippen LogP contribution is -2.36. The van der Waals surface area contributed by atoms with Gasteiger partial charge in [-0.1, -0.05) is 71.1 Å². The van der Waals surface area contributed by atoms with Crippen LogP contribution in [-0.2, 0) is 9.53 Å². The van der Waals surface area contributed by atoms with E-state index in [1.54, 1.807) is 0 Å². The van der Waals surface area contributed by atoms with Gasteiger partial charge in [0.25, 0.3) is 0 Å². The van der Waals surface area contributed by atoms with Gasteiger partial charge in [0.1, 0.15) is 18.0 Å². The molecule has 1 aromatic rings. The van der Waals surface area contributed by atoms with E-state index in [9.17, 15) is 33.7 Å². The van der Waals surface area contributed by atoms with Crippen molar-refractivity contribution in [2.45, 2.75) is 109 Å². The molecule has 0 radical (unpaired) electrons. The van der Waals surface area contributed by atoms with Gasteiger partial charge in [-0.15, -0.1) is 0 Å². The zero-order valence-electron chi connectivity index (χ0n) is 20.2. The maximum atomic E-state index is 12.6. The van der Waals surface area contributed by atoms with Crippen molar-refractivity contribution in [3.05, 3.63) is 34.6 Å². The lowest BCUT2D eigenvalue weighted by molar-refractivity contribution is -0.116. The first-order valence-corrected chi connectivity index (χ1v) is 12.4. The molecule has 4 atom stereocenters. The third-order valence-electron chi connectivity index (χ3n) is 6.08. The van der Waals surface area contributed by atoms with E-state index in [-0.39, 0.29) is 11.7 Å².